The number of rotatable bonds is 6. The van der Waals surface area contributed by atoms with Crippen LogP contribution in [-0.4, -0.2) is 19.7 Å². The summed E-state index contributed by atoms with van der Waals surface area (Å²) in [7, 11) is 1.35. The van der Waals surface area contributed by atoms with Gasteiger partial charge in [0.2, 0.25) is 0 Å². The zero-order chi connectivity index (χ0) is 23.8. The molecule has 0 fully saturated rings. The molecule has 0 N–H and O–H groups in total. The average Bonchev–Trinajstić information content (AvgIpc) is 3.42. The fraction of sp³-hybridized carbons (Fsp3) is 0.296. The van der Waals surface area contributed by atoms with Crippen LogP contribution in [0, 0.1) is 17.5 Å². The molecule has 0 unspecified atom stereocenters. The summed E-state index contributed by atoms with van der Waals surface area (Å²) in [6.07, 6.45) is 0.849. The lowest BCUT2D eigenvalue weighted by molar-refractivity contribution is -0.141. The van der Waals surface area contributed by atoms with Crippen LogP contribution in [0.3, 0.4) is 0 Å². The lowest BCUT2D eigenvalue weighted by Gasteiger charge is -2.17. The molecule has 0 radical (unpaired) electrons. The van der Waals surface area contributed by atoms with Crippen molar-refractivity contribution in [3.63, 3.8) is 0 Å². The summed E-state index contributed by atoms with van der Waals surface area (Å²) in [5.74, 6) is -0.853. The highest BCUT2D eigenvalue weighted by Crippen LogP contribution is 2.42. The van der Waals surface area contributed by atoms with Crippen molar-refractivity contribution in [3.8, 4) is 11.5 Å². The van der Waals surface area contributed by atoms with Crippen LogP contribution >= 0.6 is 0 Å². The van der Waals surface area contributed by atoms with Crippen LogP contribution in [-0.2, 0) is 22.4 Å². The van der Waals surface area contributed by atoms with Crippen LogP contribution < -0.4 is 9.47 Å². The first kappa shape index (κ1) is 22.3. The Morgan fingerprint density at radius 3 is 2.62 bits per heavy atom. The number of benzene rings is 3. The number of methoxy groups -OCH3 is 1. The Morgan fingerprint density at radius 2 is 1.85 bits per heavy atom. The summed E-state index contributed by atoms with van der Waals surface area (Å²) in [6, 6.07) is 12.1. The van der Waals surface area contributed by atoms with Crippen molar-refractivity contribution in [2.24, 2.45) is 0 Å². The summed E-state index contributed by atoms with van der Waals surface area (Å²) >= 11 is 0. The first-order valence-corrected chi connectivity index (χ1v) is 11.2. The van der Waals surface area contributed by atoms with Crippen molar-refractivity contribution >= 4 is 5.97 Å². The number of fused-ring (bicyclic) bond motifs is 2. The van der Waals surface area contributed by atoms with E-state index < -0.39 is 23.6 Å². The zero-order valence-corrected chi connectivity index (χ0v) is 18.6. The Kier molecular flexibility index (Phi) is 5.94. The number of hydrogen-bond acceptors (Lipinski definition) is 4. The number of carbonyl (C=O) groups is 1. The summed E-state index contributed by atoms with van der Waals surface area (Å²) in [4.78, 5) is 11.6. The molecule has 4 nitrogen and oxygen atoms in total. The number of carbonyl (C=O) groups excluding carboxylic acids is 1. The topological polar surface area (TPSA) is 44.8 Å². The van der Waals surface area contributed by atoms with Crippen molar-refractivity contribution in [1.29, 1.82) is 0 Å². The second kappa shape index (κ2) is 9.05. The Bertz CT molecular complexity index is 1240. The van der Waals surface area contributed by atoms with E-state index in [9.17, 15) is 18.0 Å². The number of halogens is 3. The lowest BCUT2D eigenvalue weighted by Crippen LogP contribution is -2.09. The summed E-state index contributed by atoms with van der Waals surface area (Å²) in [6.45, 7) is 0.380. The highest BCUT2D eigenvalue weighted by atomic mass is 19.1. The minimum Gasteiger partial charge on any atom is -0.492 e. The quantitative estimate of drug-likeness (QED) is 0.429. The molecule has 1 aliphatic heterocycles. The molecule has 3 aromatic rings. The fourth-order valence-corrected chi connectivity index (χ4v) is 4.87. The molecule has 0 spiro atoms. The van der Waals surface area contributed by atoms with Gasteiger partial charge >= 0.3 is 5.97 Å². The third kappa shape index (κ3) is 4.11. The predicted molar refractivity (Wildman–Crippen MR) is 119 cm³/mol. The minimum atomic E-state index is -0.618. The molecule has 1 aliphatic carbocycles. The van der Waals surface area contributed by atoms with Crippen LogP contribution in [0.4, 0.5) is 13.2 Å². The molecule has 7 heteroatoms. The molecule has 5 rings (SSSR count). The summed E-state index contributed by atoms with van der Waals surface area (Å²) < 4.78 is 59.8. The van der Waals surface area contributed by atoms with Crippen LogP contribution in [0.2, 0.25) is 0 Å². The van der Waals surface area contributed by atoms with Crippen LogP contribution in [0.5, 0.6) is 11.5 Å². The molecule has 176 valence electrons. The van der Waals surface area contributed by atoms with Gasteiger partial charge in [0, 0.05) is 35.1 Å². The van der Waals surface area contributed by atoms with Gasteiger partial charge in [-0.1, -0.05) is 18.2 Å². The summed E-state index contributed by atoms with van der Waals surface area (Å²) in [5, 5.41) is 0. The van der Waals surface area contributed by atoms with Gasteiger partial charge in [-0.3, -0.25) is 4.79 Å². The minimum absolute atomic E-state index is 0.0297. The maximum Gasteiger partial charge on any atom is 0.306 e. The number of esters is 1. The van der Waals surface area contributed by atoms with Crippen molar-refractivity contribution in [1.82, 2.24) is 0 Å². The molecule has 1 heterocycles. The van der Waals surface area contributed by atoms with E-state index in [4.69, 9.17) is 14.2 Å². The van der Waals surface area contributed by atoms with E-state index in [1.165, 1.54) is 31.4 Å². The van der Waals surface area contributed by atoms with Gasteiger partial charge < -0.3 is 14.2 Å². The van der Waals surface area contributed by atoms with Gasteiger partial charge in [0.1, 0.15) is 35.1 Å². The average molecular weight is 468 g/mol. The largest absolute Gasteiger partial charge is 0.492 e. The van der Waals surface area contributed by atoms with Gasteiger partial charge in [-0.2, -0.15) is 0 Å². The maximum absolute atomic E-state index is 14.9. The Morgan fingerprint density at radius 1 is 1.06 bits per heavy atom. The van der Waals surface area contributed by atoms with Gasteiger partial charge in [0.05, 0.1) is 20.1 Å². The first-order chi connectivity index (χ1) is 16.4. The predicted octanol–water partition coefficient (Wildman–Crippen LogP) is 5.80. The van der Waals surface area contributed by atoms with E-state index in [2.05, 4.69) is 0 Å². The van der Waals surface area contributed by atoms with Gasteiger partial charge in [-0.15, -0.1) is 0 Å². The second-order valence-corrected chi connectivity index (χ2v) is 8.61. The van der Waals surface area contributed by atoms with Crippen molar-refractivity contribution in [2.45, 2.75) is 37.7 Å². The lowest BCUT2D eigenvalue weighted by atomic mass is 9.96. The molecule has 0 bridgehead atoms. The SMILES string of the molecule is COC(=O)C[C@@H]1COc2cc(O[C@@H]3CCc4c(Cc5c(F)cccc5F)ccc(F)c43)ccc21. The van der Waals surface area contributed by atoms with E-state index in [1.807, 2.05) is 6.07 Å². The van der Waals surface area contributed by atoms with E-state index in [0.717, 1.165) is 11.1 Å². The zero-order valence-electron chi connectivity index (χ0n) is 18.6. The molecule has 0 saturated heterocycles. The standard InChI is InChI=1S/C27H23F3O4/c1-32-26(31)12-16-14-33-25-13-17(6-7-18(16)25)34-24-10-8-19-15(5-9-23(30)27(19)24)11-20-21(28)3-2-4-22(20)29/h2-7,9,13,16,24H,8,10-12,14H2,1H3/t16-,24-/m1/s1. The van der Waals surface area contributed by atoms with E-state index in [1.54, 1.807) is 18.2 Å². The van der Waals surface area contributed by atoms with Crippen LogP contribution in [0.25, 0.3) is 0 Å². The first-order valence-electron chi connectivity index (χ1n) is 11.2. The molecule has 0 amide bonds. The second-order valence-electron chi connectivity index (χ2n) is 8.61. The summed E-state index contributed by atoms with van der Waals surface area (Å²) in [5.41, 5.74) is 2.74. The van der Waals surface area contributed by atoms with Crippen molar-refractivity contribution in [2.75, 3.05) is 13.7 Å². The number of ether oxygens (including phenoxy) is 3. The van der Waals surface area contributed by atoms with Gasteiger partial charge in [-0.25, -0.2) is 13.2 Å². The smallest absolute Gasteiger partial charge is 0.306 e. The maximum atomic E-state index is 14.9. The molecule has 0 aromatic heterocycles. The van der Waals surface area contributed by atoms with E-state index >= 15 is 0 Å². The monoisotopic (exact) mass is 468 g/mol. The van der Waals surface area contributed by atoms with E-state index in [0.29, 0.717) is 42.1 Å². The van der Waals surface area contributed by atoms with Crippen LogP contribution in [0.15, 0.2) is 48.5 Å². The van der Waals surface area contributed by atoms with Crippen molar-refractivity contribution < 1.29 is 32.2 Å². The molecule has 34 heavy (non-hydrogen) atoms. The van der Waals surface area contributed by atoms with E-state index in [-0.39, 0.29) is 30.3 Å². The molecule has 0 saturated carbocycles. The molecular weight excluding hydrogens is 445 g/mol. The van der Waals surface area contributed by atoms with Crippen molar-refractivity contribution in [3.05, 3.63) is 93.8 Å². The highest BCUT2D eigenvalue weighted by molar-refractivity contribution is 5.71. The fourth-order valence-electron chi connectivity index (χ4n) is 4.87. The normalized spacial score (nSPS) is 18.2. The van der Waals surface area contributed by atoms with Crippen LogP contribution in [0.1, 0.15) is 52.7 Å². The van der Waals surface area contributed by atoms with Gasteiger partial charge in [0.15, 0.2) is 0 Å². The molecule has 3 aromatic carbocycles. The van der Waals surface area contributed by atoms with Gasteiger partial charge in [-0.05, 0) is 48.2 Å². The molecule has 2 atom stereocenters. The number of hydrogen-bond donors (Lipinski definition) is 0. The third-order valence-electron chi connectivity index (χ3n) is 6.59. The Balaban J connectivity index is 1.38. The van der Waals surface area contributed by atoms with Gasteiger partial charge in [0.25, 0.3) is 0 Å². The molecular formula is C27H23F3O4. The molecule has 2 aliphatic rings. The Labute approximate surface area is 195 Å². The third-order valence-corrected chi connectivity index (χ3v) is 6.59. The highest BCUT2D eigenvalue weighted by Gasteiger charge is 2.32. The Hall–Kier alpha value is -3.48.